The number of Topliss-reactive ketones (excluding diaryl/α,β-unsaturated/α-hetero) is 1. The number of halogens is 3. The molecule has 0 saturated carbocycles. The molecule has 1 aliphatic rings. The molecule has 1 rings (SSSR count). The Morgan fingerprint density at radius 2 is 2.19 bits per heavy atom. The summed E-state index contributed by atoms with van der Waals surface area (Å²) in [7, 11) is 0. The first kappa shape index (κ1) is 13.5. The predicted octanol–water partition coefficient (Wildman–Crippen LogP) is 0.833. The summed E-state index contributed by atoms with van der Waals surface area (Å²) in [5, 5.41) is 0.153. The average Bonchev–Trinajstić information content (AvgIpc) is 2.28. The lowest BCUT2D eigenvalue weighted by atomic mass is 10.1. The SMILES string of the molecule is O=C(CBr)CC1COCCN1C(=O)C(F)F. The van der Waals surface area contributed by atoms with Crippen molar-refractivity contribution in [2.45, 2.75) is 18.9 Å². The van der Waals surface area contributed by atoms with Crippen LogP contribution in [-0.2, 0) is 14.3 Å². The van der Waals surface area contributed by atoms with E-state index in [2.05, 4.69) is 15.9 Å². The van der Waals surface area contributed by atoms with Crippen molar-refractivity contribution in [1.82, 2.24) is 4.90 Å². The molecule has 1 unspecified atom stereocenters. The highest BCUT2D eigenvalue weighted by atomic mass is 79.9. The van der Waals surface area contributed by atoms with E-state index in [0.29, 0.717) is 0 Å². The van der Waals surface area contributed by atoms with Crippen molar-refractivity contribution in [1.29, 1.82) is 0 Å². The van der Waals surface area contributed by atoms with Gasteiger partial charge in [-0.2, -0.15) is 8.78 Å². The Bertz CT molecular complexity index is 275. The van der Waals surface area contributed by atoms with E-state index in [-0.39, 0.29) is 37.3 Å². The molecule has 1 saturated heterocycles. The van der Waals surface area contributed by atoms with E-state index in [1.807, 2.05) is 0 Å². The molecular weight excluding hydrogens is 288 g/mol. The predicted molar refractivity (Wildman–Crippen MR) is 55.7 cm³/mol. The lowest BCUT2D eigenvalue weighted by Gasteiger charge is -2.35. The maximum atomic E-state index is 12.3. The number of amides is 1. The summed E-state index contributed by atoms with van der Waals surface area (Å²) >= 11 is 2.99. The number of hydrogen-bond donors (Lipinski definition) is 0. The van der Waals surface area contributed by atoms with Gasteiger partial charge in [0.25, 0.3) is 5.91 Å². The summed E-state index contributed by atoms with van der Waals surface area (Å²) in [6.45, 7) is 0.484. The number of carbonyl (C=O) groups excluding carboxylic acids is 2. The molecule has 1 amide bonds. The lowest BCUT2D eigenvalue weighted by molar-refractivity contribution is -0.152. The topological polar surface area (TPSA) is 46.6 Å². The van der Waals surface area contributed by atoms with Crippen LogP contribution in [0, 0.1) is 0 Å². The largest absolute Gasteiger partial charge is 0.377 e. The summed E-state index contributed by atoms with van der Waals surface area (Å²) < 4.78 is 29.6. The quantitative estimate of drug-likeness (QED) is 0.723. The number of morpholine rings is 1. The molecule has 1 atom stereocenters. The molecule has 0 aromatic heterocycles. The zero-order chi connectivity index (χ0) is 12.1. The van der Waals surface area contributed by atoms with Crippen molar-refractivity contribution < 1.29 is 23.1 Å². The van der Waals surface area contributed by atoms with E-state index in [1.54, 1.807) is 0 Å². The molecule has 1 aliphatic heterocycles. The molecule has 7 heteroatoms. The van der Waals surface area contributed by atoms with Crippen molar-refractivity contribution in [3.05, 3.63) is 0 Å². The van der Waals surface area contributed by atoms with Gasteiger partial charge in [0.15, 0.2) is 0 Å². The summed E-state index contributed by atoms with van der Waals surface area (Å²) in [4.78, 5) is 23.4. The number of ether oxygens (including phenoxy) is 1. The van der Waals surface area contributed by atoms with E-state index < -0.39 is 18.4 Å². The van der Waals surface area contributed by atoms with Gasteiger partial charge in [0, 0.05) is 13.0 Å². The van der Waals surface area contributed by atoms with Gasteiger partial charge in [0.05, 0.1) is 24.6 Å². The molecule has 92 valence electrons. The van der Waals surface area contributed by atoms with Gasteiger partial charge in [-0.3, -0.25) is 9.59 Å². The summed E-state index contributed by atoms with van der Waals surface area (Å²) in [5.41, 5.74) is 0. The monoisotopic (exact) mass is 299 g/mol. The normalized spacial score (nSPS) is 21.2. The maximum absolute atomic E-state index is 12.3. The van der Waals surface area contributed by atoms with E-state index in [0.717, 1.165) is 4.90 Å². The highest BCUT2D eigenvalue weighted by Gasteiger charge is 2.32. The van der Waals surface area contributed by atoms with Crippen LogP contribution in [0.1, 0.15) is 6.42 Å². The van der Waals surface area contributed by atoms with E-state index >= 15 is 0 Å². The fourth-order valence-corrected chi connectivity index (χ4v) is 1.79. The third-order valence-corrected chi connectivity index (χ3v) is 2.94. The van der Waals surface area contributed by atoms with Crippen molar-refractivity contribution in [3.8, 4) is 0 Å². The minimum Gasteiger partial charge on any atom is -0.377 e. The van der Waals surface area contributed by atoms with Crippen molar-refractivity contribution in [2.24, 2.45) is 0 Å². The number of alkyl halides is 3. The highest BCUT2D eigenvalue weighted by Crippen LogP contribution is 2.14. The van der Waals surface area contributed by atoms with Crippen LogP contribution in [0.2, 0.25) is 0 Å². The van der Waals surface area contributed by atoms with E-state index in [9.17, 15) is 18.4 Å². The first-order chi connectivity index (χ1) is 7.56. The van der Waals surface area contributed by atoms with Gasteiger partial charge in [0.1, 0.15) is 5.78 Å². The number of carbonyl (C=O) groups is 2. The van der Waals surface area contributed by atoms with E-state index in [1.165, 1.54) is 0 Å². The Hall–Kier alpha value is -0.560. The Morgan fingerprint density at radius 1 is 1.50 bits per heavy atom. The standard InChI is InChI=1S/C9H12BrF2NO3/c10-4-7(14)3-6-5-16-2-1-13(6)9(15)8(11)12/h6,8H,1-5H2. The number of rotatable bonds is 4. The first-order valence-corrected chi connectivity index (χ1v) is 5.92. The van der Waals surface area contributed by atoms with Gasteiger partial charge >= 0.3 is 6.43 Å². The number of nitrogens with zero attached hydrogens (tertiary/aromatic N) is 1. The molecule has 1 fully saturated rings. The van der Waals surface area contributed by atoms with Gasteiger partial charge in [-0.1, -0.05) is 15.9 Å². The van der Waals surface area contributed by atoms with Gasteiger partial charge in [-0.25, -0.2) is 0 Å². The second-order valence-electron chi connectivity index (χ2n) is 3.44. The third-order valence-electron chi connectivity index (χ3n) is 2.31. The Balaban J connectivity index is 2.63. The maximum Gasteiger partial charge on any atom is 0.315 e. The third kappa shape index (κ3) is 3.48. The second-order valence-corrected chi connectivity index (χ2v) is 4.00. The second kappa shape index (κ2) is 6.24. The van der Waals surface area contributed by atoms with Gasteiger partial charge in [0.2, 0.25) is 0 Å². The molecule has 0 bridgehead atoms. The molecule has 0 spiro atoms. The fourth-order valence-electron chi connectivity index (χ4n) is 1.56. The molecule has 4 nitrogen and oxygen atoms in total. The molecule has 0 aromatic carbocycles. The molecule has 0 aromatic rings. The molecule has 16 heavy (non-hydrogen) atoms. The van der Waals surface area contributed by atoms with Crippen molar-refractivity contribution in [3.63, 3.8) is 0 Å². The van der Waals surface area contributed by atoms with Crippen LogP contribution in [0.25, 0.3) is 0 Å². The number of hydrogen-bond acceptors (Lipinski definition) is 3. The molecular formula is C9H12BrF2NO3. The Labute approximate surface area is 100 Å². The smallest absolute Gasteiger partial charge is 0.315 e. The van der Waals surface area contributed by atoms with Crippen LogP contribution in [0.4, 0.5) is 8.78 Å². The fraction of sp³-hybridized carbons (Fsp3) is 0.778. The summed E-state index contributed by atoms with van der Waals surface area (Å²) in [6.07, 6.45) is -2.98. The Morgan fingerprint density at radius 3 is 2.75 bits per heavy atom. The van der Waals surface area contributed by atoms with Crippen LogP contribution in [0.15, 0.2) is 0 Å². The van der Waals surface area contributed by atoms with E-state index in [4.69, 9.17) is 4.74 Å². The van der Waals surface area contributed by atoms with Crippen molar-refractivity contribution in [2.75, 3.05) is 25.1 Å². The molecule has 0 radical (unpaired) electrons. The minimum atomic E-state index is -3.03. The van der Waals surface area contributed by atoms with Gasteiger partial charge in [-0.05, 0) is 0 Å². The highest BCUT2D eigenvalue weighted by molar-refractivity contribution is 9.09. The Kier molecular flexibility index (Phi) is 5.27. The summed E-state index contributed by atoms with van der Waals surface area (Å²) in [6, 6.07) is -0.569. The lowest BCUT2D eigenvalue weighted by Crippen LogP contribution is -2.51. The summed E-state index contributed by atoms with van der Waals surface area (Å²) in [5.74, 6) is -1.36. The number of ketones is 1. The van der Waals surface area contributed by atoms with Gasteiger partial charge in [-0.15, -0.1) is 0 Å². The van der Waals surface area contributed by atoms with Crippen LogP contribution in [0.3, 0.4) is 0 Å². The molecule has 0 N–H and O–H groups in total. The molecule has 1 heterocycles. The first-order valence-electron chi connectivity index (χ1n) is 4.80. The van der Waals surface area contributed by atoms with Crippen LogP contribution in [-0.4, -0.2) is 54.1 Å². The van der Waals surface area contributed by atoms with Crippen LogP contribution < -0.4 is 0 Å². The zero-order valence-electron chi connectivity index (χ0n) is 8.50. The molecule has 0 aliphatic carbocycles. The zero-order valence-corrected chi connectivity index (χ0v) is 10.1. The van der Waals surface area contributed by atoms with Gasteiger partial charge < -0.3 is 9.64 Å². The minimum absolute atomic E-state index is 0.0453. The average molecular weight is 300 g/mol. The van der Waals surface area contributed by atoms with Crippen LogP contribution in [0.5, 0.6) is 0 Å². The van der Waals surface area contributed by atoms with Crippen LogP contribution >= 0.6 is 15.9 Å². The van der Waals surface area contributed by atoms with Crippen molar-refractivity contribution >= 4 is 27.6 Å².